The number of carboxylic acids is 2. The van der Waals surface area contributed by atoms with Gasteiger partial charge in [-0.1, -0.05) is 42.5 Å². The van der Waals surface area contributed by atoms with E-state index in [-0.39, 0.29) is 12.2 Å². The number of hydrogen-bond donors (Lipinski definition) is 3. The van der Waals surface area contributed by atoms with E-state index in [2.05, 4.69) is 0 Å². The van der Waals surface area contributed by atoms with E-state index in [4.69, 9.17) is 5.11 Å². The lowest BCUT2D eigenvalue weighted by Gasteiger charge is -2.34. The van der Waals surface area contributed by atoms with Crippen molar-refractivity contribution in [3.8, 4) is 0 Å². The Labute approximate surface area is 121 Å². The smallest absolute Gasteiger partial charge is 0.332 e. The molecule has 1 aromatic rings. The van der Waals surface area contributed by atoms with Gasteiger partial charge in [-0.2, -0.15) is 0 Å². The predicted molar refractivity (Wildman–Crippen MR) is 75.7 cm³/mol. The summed E-state index contributed by atoms with van der Waals surface area (Å²) in [7, 11) is 0. The highest BCUT2D eigenvalue weighted by Gasteiger charge is 2.45. The van der Waals surface area contributed by atoms with Gasteiger partial charge in [-0.05, 0) is 18.1 Å². The fraction of sp³-hybridized carbons (Fsp3) is 0.250. The van der Waals surface area contributed by atoms with Crippen LogP contribution in [0.5, 0.6) is 0 Å². The molecule has 0 spiro atoms. The molecule has 0 heterocycles. The first-order valence-electron chi connectivity index (χ1n) is 6.46. The van der Waals surface area contributed by atoms with Gasteiger partial charge in [0.25, 0.3) is 0 Å². The van der Waals surface area contributed by atoms with Crippen LogP contribution in [0.15, 0.2) is 48.1 Å². The number of rotatable bonds is 4. The molecule has 0 bridgehead atoms. The van der Waals surface area contributed by atoms with Crippen LogP contribution in [-0.4, -0.2) is 27.3 Å². The van der Waals surface area contributed by atoms with Crippen LogP contribution in [0.4, 0.5) is 0 Å². The summed E-state index contributed by atoms with van der Waals surface area (Å²) in [5.74, 6) is -3.00. The van der Waals surface area contributed by atoms with Crippen molar-refractivity contribution in [3.05, 3.63) is 59.2 Å². The molecule has 0 saturated carbocycles. The lowest BCUT2D eigenvalue weighted by molar-refractivity contribution is -0.146. The van der Waals surface area contributed by atoms with Crippen LogP contribution in [0, 0.1) is 5.41 Å². The van der Waals surface area contributed by atoms with E-state index >= 15 is 0 Å². The Hall–Kier alpha value is -2.40. The van der Waals surface area contributed by atoms with Gasteiger partial charge in [0.2, 0.25) is 0 Å². The monoisotopic (exact) mass is 288 g/mol. The van der Waals surface area contributed by atoms with Gasteiger partial charge in [-0.25, -0.2) is 4.79 Å². The minimum absolute atomic E-state index is 0.0409. The minimum Gasteiger partial charge on any atom is -0.481 e. The third-order valence-electron chi connectivity index (χ3n) is 3.83. The highest BCUT2D eigenvalue weighted by molar-refractivity contribution is 5.93. The van der Waals surface area contributed by atoms with Gasteiger partial charge < -0.3 is 15.3 Å². The Morgan fingerprint density at radius 2 is 1.81 bits per heavy atom. The van der Waals surface area contributed by atoms with Crippen molar-refractivity contribution in [1.82, 2.24) is 0 Å². The molecule has 2 atom stereocenters. The molecule has 0 fully saturated rings. The number of aliphatic carboxylic acids is 2. The second-order valence-corrected chi connectivity index (χ2v) is 5.21. The van der Waals surface area contributed by atoms with Crippen molar-refractivity contribution in [3.63, 3.8) is 0 Å². The van der Waals surface area contributed by atoms with Gasteiger partial charge in [0.05, 0.1) is 12.0 Å². The fourth-order valence-electron chi connectivity index (χ4n) is 2.60. The summed E-state index contributed by atoms with van der Waals surface area (Å²) in [6.45, 7) is 1.38. The molecule has 21 heavy (non-hydrogen) atoms. The zero-order chi connectivity index (χ0) is 15.6. The van der Waals surface area contributed by atoms with E-state index in [0.29, 0.717) is 11.1 Å². The molecule has 110 valence electrons. The van der Waals surface area contributed by atoms with Crippen LogP contribution in [0.2, 0.25) is 0 Å². The molecule has 0 saturated heterocycles. The molecular formula is C16H16O5. The Morgan fingerprint density at radius 3 is 2.29 bits per heavy atom. The molecule has 1 aliphatic carbocycles. The lowest BCUT2D eigenvalue weighted by Crippen LogP contribution is -2.36. The van der Waals surface area contributed by atoms with E-state index in [1.807, 2.05) is 0 Å². The number of aliphatic hydroxyl groups is 1. The highest BCUT2D eigenvalue weighted by Crippen LogP contribution is 2.45. The maximum atomic E-state index is 11.6. The normalized spacial score (nSPS) is 24.5. The Bertz CT molecular complexity index is 627. The number of allylic oxidation sites excluding steroid dienone is 2. The van der Waals surface area contributed by atoms with Crippen LogP contribution < -0.4 is 0 Å². The van der Waals surface area contributed by atoms with Gasteiger partial charge in [0, 0.05) is 11.5 Å². The van der Waals surface area contributed by atoms with Crippen molar-refractivity contribution in [2.45, 2.75) is 19.4 Å². The first-order valence-corrected chi connectivity index (χ1v) is 6.46. The van der Waals surface area contributed by atoms with Gasteiger partial charge in [0.1, 0.15) is 0 Å². The second-order valence-electron chi connectivity index (χ2n) is 5.21. The van der Waals surface area contributed by atoms with Gasteiger partial charge in [0.15, 0.2) is 0 Å². The minimum atomic E-state index is -1.33. The largest absolute Gasteiger partial charge is 0.481 e. The summed E-state index contributed by atoms with van der Waals surface area (Å²) < 4.78 is 0. The standard InChI is InChI=1S/C16H16O5/c1-16(15(20)21)8-2-3-12(14(18)19)13(16)11-6-4-10(9-17)5-7-11/h2-8,13,17H,9H2,1H3,(H,18,19)(H,20,21). The fourth-order valence-corrected chi connectivity index (χ4v) is 2.60. The quantitative estimate of drug-likeness (QED) is 0.787. The van der Waals surface area contributed by atoms with Gasteiger partial charge >= 0.3 is 11.9 Å². The average Bonchev–Trinajstić information content (AvgIpc) is 2.47. The molecule has 5 heteroatoms. The van der Waals surface area contributed by atoms with Crippen molar-refractivity contribution in [2.24, 2.45) is 5.41 Å². The summed E-state index contributed by atoms with van der Waals surface area (Å²) in [6.07, 6.45) is 4.40. The van der Waals surface area contributed by atoms with Crippen molar-refractivity contribution in [2.75, 3.05) is 0 Å². The maximum absolute atomic E-state index is 11.6. The van der Waals surface area contributed by atoms with E-state index in [0.717, 1.165) is 0 Å². The van der Waals surface area contributed by atoms with Gasteiger partial charge in [-0.15, -0.1) is 0 Å². The summed E-state index contributed by atoms with van der Waals surface area (Å²) in [4.78, 5) is 23.1. The number of hydrogen-bond acceptors (Lipinski definition) is 3. The molecule has 5 nitrogen and oxygen atoms in total. The molecule has 3 N–H and O–H groups in total. The third-order valence-corrected chi connectivity index (χ3v) is 3.83. The van der Waals surface area contributed by atoms with Crippen molar-refractivity contribution >= 4 is 11.9 Å². The Morgan fingerprint density at radius 1 is 1.19 bits per heavy atom. The van der Waals surface area contributed by atoms with Crippen LogP contribution in [0.3, 0.4) is 0 Å². The lowest BCUT2D eigenvalue weighted by atomic mass is 9.67. The van der Waals surface area contributed by atoms with Crippen LogP contribution in [0.1, 0.15) is 24.0 Å². The highest BCUT2D eigenvalue weighted by atomic mass is 16.4. The predicted octanol–water partition coefficient (Wildman–Crippen LogP) is 1.93. The maximum Gasteiger partial charge on any atom is 0.332 e. The zero-order valence-corrected chi connectivity index (χ0v) is 11.5. The Kier molecular flexibility index (Phi) is 3.95. The number of carbonyl (C=O) groups is 2. The molecule has 0 radical (unpaired) electrons. The second kappa shape index (κ2) is 5.54. The van der Waals surface area contributed by atoms with E-state index < -0.39 is 23.3 Å². The van der Waals surface area contributed by atoms with E-state index in [9.17, 15) is 19.8 Å². The molecule has 0 amide bonds. The number of benzene rings is 1. The summed E-state index contributed by atoms with van der Waals surface area (Å²) in [5.41, 5.74) is -0.0133. The molecular weight excluding hydrogens is 272 g/mol. The van der Waals surface area contributed by atoms with Crippen molar-refractivity contribution in [1.29, 1.82) is 0 Å². The molecule has 2 unspecified atom stereocenters. The molecule has 1 aromatic carbocycles. The summed E-state index contributed by atoms with van der Waals surface area (Å²) in [6, 6.07) is 6.64. The molecule has 0 aromatic heterocycles. The topological polar surface area (TPSA) is 94.8 Å². The first-order chi connectivity index (χ1) is 9.90. The molecule has 1 aliphatic rings. The third kappa shape index (κ3) is 2.60. The van der Waals surface area contributed by atoms with Crippen LogP contribution in [0.25, 0.3) is 0 Å². The number of aliphatic hydroxyl groups excluding tert-OH is 1. The average molecular weight is 288 g/mol. The van der Waals surface area contributed by atoms with Crippen LogP contribution >= 0.6 is 0 Å². The summed E-state index contributed by atoms with van der Waals surface area (Å²) in [5, 5.41) is 27.9. The Balaban J connectivity index is 2.56. The van der Waals surface area contributed by atoms with E-state index in [1.54, 1.807) is 24.3 Å². The van der Waals surface area contributed by atoms with Crippen LogP contribution in [-0.2, 0) is 16.2 Å². The molecule has 0 aliphatic heterocycles. The van der Waals surface area contributed by atoms with E-state index in [1.165, 1.54) is 25.2 Å². The number of carboxylic acid groups (broad SMARTS) is 2. The summed E-state index contributed by atoms with van der Waals surface area (Å²) >= 11 is 0. The SMILES string of the molecule is CC1(C(=O)O)C=CC=C(C(=O)O)C1c1ccc(CO)cc1. The zero-order valence-electron chi connectivity index (χ0n) is 11.5. The first kappa shape index (κ1) is 15.0. The van der Waals surface area contributed by atoms with Crippen molar-refractivity contribution < 1.29 is 24.9 Å². The van der Waals surface area contributed by atoms with Gasteiger partial charge in [-0.3, -0.25) is 4.79 Å². The molecule has 2 rings (SSSR count).